The van der Waals surface area contributed by atoms with E-state index >= 15 is 0 Å². The minimum atomic E-state index is -4.01. The molecule has 0 aliphatic heterocycles. The van der Waals surface area contributed by atoms with Crippen LogP contribution >= 0.6 is 0 Å². The van der Waals surface area contributed by atoms with Crippen molar-refractivity contribution in [1.82, 2.24) is 5.32 Å². The van der Waals surface area contributed by atoms with Crippen molar-refractivity contribution in [2.75, 3.05) is 0 Å². The molecule has 0 bridgehead atoms. The zero-order chi connectivity index (χ0) is 14.1. The molecule has 0 heterocycles. The smallest absolute Gasteiger partial charge is 0.311 e. The fourth-order valence-corrected chi connectivity index (χ4v) is 3.54. The Morgan fingerprint density at radius 1 is 0.947 bits per heavy atom. The Hall–Kier alpha value is -0.250. The van der Waals surface area contributed by atoms with Crippen LogP contribution in [0.3, 0.4) is 0 Å². The van der Waals surface area contributed by atoms with Crippen LogP contribution < -0.4 is 5.32 Å². The van der Waals surface area contributed by atoms with Gasteiger partial charge in [0.05, 0.1) is 5.92 Å². The summed E-state index contributed by atoms with van der Waals surface area (Å²) < 4.78 is 38.3. The molecule has 1 nitrogen and oxygen atoms in total. The van der Waals surface area contributed by atoms with Gasteiger partial charge in [-0.05, 0) is 50.4 Å². The van der Waals surface area contributed by atoms with Gasteiger partial charge in [0.1, 0.15) is 0 Å². The Bertz CT molecular complexity index is 288. The number of alkyl halides is 3. The maximum atomic E-state index is 12.8. The van der Waals surface area contributed by atoms with E-state index in [4.69, 9.17) is 0 Å². The highest BCUT2D eigenvalue weighted by atomic mass is 19.4. The molecule has 0 amide bonds. The molecule has 2 saturated carbocycles. The van der Waals surface area contributed by atoms with Gasteiger partial charge in [-0.3, -0.25) is 0 Å². The van der Waals surface area contributed by atoms with E-state index in [-0.39, 0.29) is 12.5 Å². The lowest BCUT2D eigenvalue weighted by Crippen LogP contribution is -2.45. The van der Waals surface area contributed by atoms with Crippen molar-refractivity contribution in [3.8, 4) is 0 Å². The van der Waals surface area contributed by atoms with Crippen LogP contribution in [-0.2, 0) is 0 Å². The summed E-state index contributed by atoms with van der Waals surface area (Å²) in [5, 5.41) is 3.50. The van der Waals surface area contributed by atoms with Crippen molar-refractivity contribution in [3.63, 3.8) is 0 Å². The molecule has 112 valence electrons. The number of hydrogen-bond donors (Lipinski definition) is 1. The Labute approximate surface area is 114 Å². The molecule has 0 aromatic rings. The molecular weight excluding hydrogens is 251 g/mol. The number of rotatable bonds is 2. The average molecular weight is 277 g/mol. The van der Waals surface area contributed by atoms with Gasteiger partial charge in [-0.1, -0.05) is 20.3 Å². The first-order valence-corrected chi connectivity index (χ1v) is 7.59. The van der Waals surface area contributed by atoms with E-state index in [1.807, 2.05) is 0 Å². The van der Waals surface area contributed by atoms with E-state index in [0.29, 0.717) is 24.3 Å². The summed E-state index contributed by atoms with van der Waals surface area (Å²) in [6.45, 7) is 4.56. The molecule has 2 aliphatic rings. The highest BCUT2D eigenvalue weighted by Crippen LogP contribution is 2.39. The number of halogens is 3. The predicted molar refractivity (Wildman–Crippen MR) is 71.0 cm³/mol. The van der Waals surface area contributed by atoms with Crippen molar-refractivity contribution >= 4 is 0 Å². The lowest BCUT2D eigenvalue weighted by molar-refractivity contribution is -0.184. The van der Waals surface area contributed by atoms with E-state index in [9.17, 15) is 13.2 Å². The van der Waals surface area contributed by atoms with E-state index in [1.165, 1.54) is 12.8 Å². The maximum absolute atomic E-state index is 12.8. The van der Waals surface area contributed by atoms with Crippen molar-refractivity contribution in [1.29, 1.82) is 0 Å². The molecule has 2 rings (SSSR count). The molecule has 0 aromatic heterocycles. The zero-order valence-corrected chi connectivity index (χ0v) is 12.0. The Morgan fingerprint density at radius 3 is 2.16 bits per heavy atom. The molecule has 1 N–H and O–H groups in total. The summed E-state index contributed by atoms with van der Waals surface area (Å²) in [4.78, 5) is 0. The van der Waals surface area contributed by atoms with Crippen molar-refractivity contribution in [2.24, 2.45) is 11.3 Å². The molecule has 4 heteroatoms. The van der Waals surface area contributed by atoms with Crippen LogP contribution in [0, 0.1) is 11.3 Å². The second-order valence-electron chi connectivity index (χ2n) is 7.21. The number of hydrogen-bond acceptors (Lipinski definition) is 1. The second kappa shape index (κ2) is 5.63. The van der Waals surface area contributed by atoms with Crippen LogP contribution in [-0.4, -0.2) is 18.3 Å². The van der Waals surface area contributed by atoms with Crippen LogP contribution in [0.25, 0.3) is 0 Å². The zero-order valence-electron chi connectivity index (χ0n) is 12.0. The Balaban J connectivity index is 1.80. The van der Waals surface area contributed by atoms with Crippen molar-refractivity contribution < 1.29 is 13.2 Å². The van der Waals surface area contributed by atoms with Crippen LogP contribution in [0.5, 0.6) is 0 Å². The molecular formula is C15H26F3N. The van der Waals surface area contributed by atoms with Crippen LogP contribution in [0.2, 0.25) is 0 Å². The SMILES string of the molecule is CC1(C)CCC(NC2CCCC(C(F)(F)F)C2)CC1. The first-order chi connectivity index (χ1) is 8.76. The van der Waals surface area contributed by atoms with Gasteiger partial charge in [-0.25, -0.2) is 0 Å². The molecule has 2 atom stereocenters. The van der Waals surface area contributed by atoms with Gasteiger partial charge in [-0.15, -0.1) is 0 Å². The molecule has 19 heavy (non-hydrogen) atoms. The molecule has 0 saturated heterocycles. The lowest BCUT2D eigenvalue weighted by Gasteiger charge is -2.38. The minimum Gasteiger partial charge on any atom is -0.311 e. The van der Waals surface area contributed by atoms with Gasteiger partial charge in [0, 0.05) is 12.1 Å². The lowest BCUT2D eigenvalue weighted by atomic mass is 9.75. The number of nitrogens with one attached hydrogen (secondary N) is 1. The van der Waals surface area contributed by atoms with Gasteiger partial charge < -0.3 is 5.32 Å². The quantitative estimate of drug-likeness (QED) is 0.773. The molecule has 2 fully saturated rings. The molecule has 0 radical (unpaired) electrons. The van der Waals surface area contributed by atoms with Gasteiger partial charge in [0.15, 0.2) is 0 Å². The maximum Gasteiger partial charge on any atom is 0.391 e. The summed E-state index contributed by atoms with van der Waals surface area (Å²) in [6.07, 6.45) is 2.80. The second-order valence-corrected chi connectivity index (χ2v) is 7.21. The normalized spacial score (nSPS) is 33.3. The Morgan fingerprint density at radius 2 is 1.58 bits per heavy atom. The van der Waals surface area contributed by atoms with E-state index in [2.05, 4.69) is 19.2 Å². The molecule has 0 aromatic carbocycles. The van der Waals surface area contributed by atoms with Crippen molar-refractivity contribution in [3.05, 3.63) is 0 Å². The van der Waals surface area contributed by atoms with Gasteiger partial charge >= 0.3 is 6.18 Å². The third-order valence-corrected chi connectivity index (χ3v) is 4.95. The predicted octanol–water partition coefficient (Wildman–Crippen LogP) is 4.67. The summed E-state index contributed by atoms with van der Waals surface area (Å²) in [5.74, 6) is -1.08. The molecule has 2 unspecified atom stereocenters. The third kappa shape index (κ3) is 4.37. The third-order valence-electron chi connectivity index (χ3n) is 4.95. The van der Waals surface area contributed by atoms with Gasteiger partial charge in [-0.2, -0.15) is 13.2 Å². The standard InChI is InChI=1S/C15H26F3N/c1-14(2)8-6-12(7-9-14)19-13-5-3-4-11(10-13)15(16,17)18/h11-13,19H,3-10H2,1-2H3. The first-order valence-electron chi connectivity index (χ1n) is 7.59. The summed E-state index contributed by atoms with van der Waals surface area (Å²) in [7, 11) is 0. The topological polar surface area (TPSA) is 12.0 Å². The monoisotopic (exact) mass is 277 g/mol. The largest absolute Gasteiger partial charge is 0.391 e. The van der Waals surface area contributed by atoms with Crippen LogP contribution in [0.4, 0.5) is 13.2 Å². The average Bonchev–Trinajstić information content (AvgIpc) is 2.31. The summed E-state index contributed by atoms with van der Waals surface area (Å²) in [5.41, 5.74) is 0.416. The highest BCUT2D eigenvalue weighted by Gasteiger charge is 2.42. The van der Waals surface area contributed by atoms with Crippen LogP contribution in [0.15, 0.2) is 0 Å². The first kappa shape index (κ1) is 15.1. The van der Waals surface area contributed by atoms with E-state index in [1.54, 1.807) is 0 Å². The van der Waals surface area contributed by atoms with Crippen LogP contribution in [0.1, 0.15) is 65.2 Å². The Kier molecular flexibility index (Phi) is 4.49. The fourth-order valence-electron chi connectivity index (χ4n) is 3.54. The van der Waals surface area contributed by atoms with E-state index in [0.717, 1.165) is 19.3 Å². The van der Waals surface area contributed by atoms with Gasteiger partial charge in [0.2, 0.25) is 0 Å². The molecule has 0 spiro atoms. The van der Waals surface area contributed by atoms with Gasteiger partial charge in [0.25, 0.3) is 0 Å². The summed E-state index contributed by atoms with van der Waals surface area (Å²) >= 11 is 0. The minimum absolute atomic E-state index is 0.0755. The fraction of sp³-hybridized carbons (Fsp3) is 1.00. The van der Waals surface area contributed by atoms with Crippen molar-refractivity contribution in [2.45, 2.75) is 83.5 Å². The van der Waals surface area contributed by atoms with E-state index < -0.39 is 12.1 Å². The summed E-state index contributed by atoms with van der Waals surface area (Å²) in [6, 6.07) is 0.511. The highest BCUT2D eigenvalue weighted by molar-refractivity contribution is 4.87. The molecule has 2 aliphatic carbocycles.